The molecule has 0 aromatic heterocycles. The highest BCUT2D eigenvalue weighted by molar-refractivity contribution is 6.34. The Morgan fingerprint density at radius 1 is 1.10 bits per heavy atom. The highest BCUT2D eigenvalue weighted by Crippen LogP contribution is 2.23. The van der Waals surface area contributed by atoms with Gasteiger partial charge in [-0.25, -0.2) is 0 Å². The summed E-state index contributed by atoms with van der Waals surface area (Å²) < 4.78 is 0. The topological polar surface area (TPSA) is 72.2 Å². The predicted octanol–water partition coefficient (Wildman–Crippen LogP) is 3.00. The van der Waals surface area contributed by atoms with E-state index in [4.69, 9.17) is 17.3 Å². The lowest BCUT2D eigenvalue weighted by molar-refractivity contribution is 0.0996. The van der Waals surface area contributed by atoms with Crippen LogP contribution in [0.1, 0.15) is 26.3 Å². The number of rotatable bonds is 3. The van der Waals surface area contributed by atoms with Crippen LogP contribution in [0.15, 0.2) is 42.5 Å². The molecule has 0 aliphatic heterocycles. The molecule has 102 valence electrons. The zero-order chi connectivity index (χ0) is 14.7. The molecule has 3 N–H and O–H groups in total. The van der Waals surface area contributed by atoms with Crippen molar-refractivity contribution in [3.05, 3.63) is 64.2 Å². The monoisotopic (exact) mass is 288 g/mol. The molecule has 0 spiro atoms. The van der Waals surface area contributed by atoms with E-state index < -0.39 is 5.91 Å². The van der Waals surface area contributed by atoms with Crippen LogP contribution in [-0.2, 0) is 0 Å². The summed E-state index contributed by atoms with van der Waals surface area (Å²) in [6, 6.07) is 11.7. The number of carbonyl (C=O) groups excluding carboxylic acids is 2. The number of halogens is 1. The van der Waals surface area contributed by atoms with Crippen molar-refractivity contribution in [3.63, 3.8) is 0 Å². The summed E-state index contributed by atoms with van der Waals surface area (Å²) in [5.41, 5.74) is 7.34. The van der Waals surface area contributed by atoms with E-state index in [1.54, 1.807) is 18.2 Å². The van der Waals surface area contributed by atoms with Crippen LogP contribution in [0, 0.1) is 6.92 Å². The summed E-state index contributed by atoms with van der Waals surface area (Å²) >= 11 is 6.00. The molecular weight excluding hydrogens is 276 g/mol. The fourth-order valence-corrected chi connectivity index (χ4v) is 1.92. The molecule has 0 saturated heterocycles. The van der Waals surface area contributed by atoms with Crippen molar-refractivity contribution in [2.75, 3.05) is 5.32 Å². The number of nitrogens with two attached hydrogens (primary N) is 1. The summed E-state index contributed by atoms with van der Waals surface area (Å²) in [7, 11) is 0. The molecule has 0 radical (unpaired) electrons. The molecule has 0 aliphatic carbocycles. The van der Waals surface area contributed by atoms with Gasteiger partial charge in [-0.1, -0.05) is 29.3 Å². The maximum atomic E-state index is 12.1. The van der Waals surface area contributed by atoms with E-state index in [2.05, 4.69) is 5.32 Å². The quantitative estimate of drug-likeness (QED) is 0.911. The Balaban J connectivity index is 2.27. The molecule has 20 heavy (non-hydrogen) atoms. The van der Waals surface area contributed by atoms with Gasteiger partial charge in [-0.3, -0.25) is 9.59 Å². The van der Waals surface area contributed by atoms with E-state index in [9.17, 15) is 9.59 Å². The Bertz CT molecular complexity index is 683. The molecule has 0 aliphatic rings. The van der Waals surface area contributed by atoms with Gasteiger partial charge in [-0.05, 0) is 37.3 Å². The van der Waals surface area contributed by atoms with Crippen LogP contribution in [0.25, 0.3) is 0 Å². The number of hydrogen-bond donors (Lipinski definition) is 2. The summed E-state index contributed by atoms with van der Waals surface area (Å²) in [4.78, 5) is 23.2. The number of hydrogen-bond acceptors (Lipinski definition) is 2. The lowest BCUT2D eigenvalue weighted by Crippen LogP contribution is -2.15. The van der Waals surface area contributed by atoms with Gasteiger partial charge < -0.3 is 11.1 Å². The fourth-order valence-electron chi connectivity index (χ4n) is 1.76. The Kier molecular flexibility index (Phi) is 4.05. The number of anilines is 1. The first kappa shape index (κ1) is 14.1. The molecule has 5 heteroatoms. The van der Waals surface area contributed by atoms with Crippen molar-refractivity contribution < 1.29 is 9.59 Å². The third-order valence-corrected chi connectivity index (χ3v) is 3.11. The van der Waals surface area contributed by atoms with Gasteiger partial charge in [0.15, 0.2) is 0 Å². The van der Waals surface area contributed by atoms with E-state index in [-0.39, 0.29) is 11.5 Å². The summed E-state index contributed by atoms with van der Waals surface area (Å²) in [5.74, 6) is -0.870. The van der Waals surface area contributed by atoms with Crippen LogP contribution >= 0.6 is 11.6 Å². The summed E-state index contributed by atoms with van der Waals surface area (Å²) in [6.45, 7) is 1.90. The predicted molar refractivity (Wildman–Crippen MR) is 79.1 cm³/mol. The molecule has 2 aromatic carbocycles. The van der Waals surface area contributed by atoms with Crippen LogP contribution in [0.5, 0.6) is 0 Å². The van der Waals surface area contributed by atoms with Crippen molar-refractivity contribution in [2.45, 2.75) is 6.92 Å². The molecule has 0 saturated carbocycles. The van der Waals surface area contributed by atoms with Gasteiger partial charge in [0.25, 0.3) is 5.91 Å². The summed E-state index contributed by atoms with van der Waals surface area (Å²) in [6.07, 6.45) is 0. The largest absolute Gasteiger partial charge is 0.366 e. The Morgan fingerprint density at radius 3 is 2.50 bits per heavy atom. The van der Waals surface area contributed by atoms with Gasteiger partial charge >= 0.3 is 0 Å². The SMILES string of the molecule is Cc1cccc(C(=O)Nc2cc(C(N)=O)ccc2Cl)c1. The van der Waals surface area contributed by atoms with E-state index >= 15 is 0 Å². The van der Waals surface area contributed by atoms with E-state index in [1.165, 1.54) is 18.2 Å². The second-order valence-electron chi connectivity index (χ2n) is 4.38. The molecule has 2 aromatic rings. The zero-order valence-corrected chi connectivity index (χ0v) is 11.6. The maximum absolute atomic E-state index is 12.1. The molecule has 2 rings (SSSR count). The Labute approximate surface area is 121 Å². The molecule has 4 nitrogen and oxygen atoms in total. The number of amides is 2. The number of aryl methyl sites for hydroxylation is 1. The first-order valence-electron chi connectivity index (χ1n) is 5.95. The average Bonchev–Trinajstić information content (AvgIpc) is 2.41. The second-order valence-corrected chi connectivity index (χ2v) is 4.79. The van der Waals surface area contributed by atoms with E-state index in [0.29, 0.717) is 16.3 Å². The van der Waals surface area contributed by atoms with Crippen molar-refractivity contribution >= 4 is 29.1 Å². The van der Waals surface area contributed by atoms with Gasteiger partial charge in [0.2, 0.25) is 5.91 Å². The van der Waals surface area contributed by atoms with Crippen LogP contribution in [0.2, 0.25) is 5.02 Å². The van der Waals surface area contributed by atoms with E-state index in [1.807, 2.05) is 13.0 Å². The molecule has 0 fully saturated rings. The fraction of sp³-hybridized carbons (Fsp3) is 0.0667. The minimum atomic E-state index is -0.576. The minimum absolute atomic E-state index is 0.286. The first-order valence-corrected chi connectivity index (χ1v) is 6.32. The third-order valence-electron chi connectivity index (χ3n) is 2.78. The first-order chi connectivity index (χ1) is 9.47. The Hall–Kier alpha value is -2.33. The van der Waals surface area contributed by atoms with E-state index in [0.717, 1.165) is 5.56 Å². The third kappa shape index (κ3) is 3.16. The zero-order valence-electron chi connectivity index (χ0n) is 10.8. The minimum Gasteiger partial charge on any atom is -0.366 e. The number of nitrogens with one attached hydrogen (secondary N) is 1. The molecule has 0 atom stereocenters. The van der Waals surface area contributed by atoms with Crippen molar-refractivity contribution in [1.29, 1.82) is 0 Å². The Morgan fingerprint density at radius 2 is 1.85 bits per heavy atom. The maximum Gasteiger partial charge on any atom is 0.255 e. The molecule has 0 bridgehead atoms. The lowest BCUT2D eigenvalue weighted by atomic mass is 10.1. The number of benzene rings is 2. The van der Waals surface area contributed by atoms with Gasteiger partial charge in [0.05, 0.1) is 10.7 Å². The molecular formula is C15H13ClN2O2. The van der Waals surface area contributed by atoms with Crippen molar-refractivity contribution in [3.8, 4) is 0 Å². The van der Waals surface area contributed by atoms with Crippen molar-refractivity contribution in [2.24, 2.45) is 5.73 Å². The highest BCUT2D eigenvalue weighted by atomic mass is 35.5. The molecule has 0 unspecified atom stereocenters. The summed E-state index contributed by atoms with van der Waals surface area (Å²) in [5, 5.41) is 3.01. The van der Waals surface area contributed by atoms with Crippen LogP contribution < -0.4 is 11.1 Å². The number of primary amides is 1. The van der Waals surface area contributed by atoms with Gasteiger partial charge in [-0.2, -0.15) is 0 Å². The molecule has 0 heterocycles. The lowest BCUT2D eigenvalue weighted by Gasteiger charge is -2.09. The van der Waals surface area contributed by atoms with Crippen LogP contribution in [0.4, 0.5) is 5.69 Å². The van der Waals surface area contributed by atoms with Crippen LogP contribution in [0.3, 0.4) is 0 Å². The normalized spacial score (nSPS) is 10.1. The van der Waals surface area contributed by atoms with Gasteiger partial charge in [0.1, 0.15) is 0 Å². The van der Waals surface area contributed by atoms with Gasteiger partial charge in [0, 0.05) is 11.1 Å². The smallest absolute Gasteiger partial charge is 0.255 e. The highest BCUT2D eigenvalue weighted by Gasteiger charge is 2.10. The average molecular weight is 289 g/mol. The van der Waals surface area contributed by atoms with Crippen LogP contribution in [-0.4, -0.2) is 11.8 Å². The number of carbonyl (C=O) groups is 2. The second kappa shape index (κ2) is 5.75. The standard InChI is InChI=1S/C15H13ClN2O2/c1-9-3-2-4-11(7-9)15(20)18-13-8-10(14(17)19)5-6-12(13)16/h2-8H,1H3,(H2,17,19)(H,18,20). The molecule has 2 amide bonds. The van der Waals surface area contributed by atoms with Gasteiger partial charge in [-0.15, -0.1) is 0 Å². The van der Waals surface area contributed by atoms with Crippen molar-refractivity contribution in [1.82, 2.24) is 0 Å².